The first-order valence-corrected chi connectivity index (χ1v) is 6.03. The van der Waals surface area contributed by atoms with E-state index < -0.39 is 0 Å². The van der Waals surface area contributed by atoms with Crippen LogP contribution < -0.4 is 11.1 Å². The summed E-state index contributed by atoms with van der Waals surface area (Å²) in [4.78, 5) is 0. The van der Waals surface area contributed by atoms with Gasteiger partial charge in [-0.2, -0.15) is 5.10 Å². The fourth-order valence-electron chi connectivity index (χ4n) is 1.61. The number of anilines is 2. The topological polar surface area (TPSA) is 55.9 Å². The average Bonchev–Trinajstić information content (AvgIpc) is 2.51. The van der Waals surface area contributed by atoms with Crippen molar-refractivity contribution in [1.82, 2.24) is 9.78 Å². The molecule has 4 heteroatoms. The standard InChI is InChI=1S/C12H24N4/c1-6-9(4)7-14-12-10(13)11(8(2)3)15-16(12)5/h8-9,14H,6-7,13H2,1-5H3. The van der Waals surface area contributed by atoms with Crippen LogP contribution in [0.5, 0.6) is 0 Å². The Labute approximate surface area is 98.2 Å². The Morgan fingerprint density at radius 3 is 2.44 bits per heavy atom. The van der Waals surface area contributed by atoms with Crippen LogP contribution >= 0.6 is 0 Å². The van der Waals surface area contributed by atoms with Crippen LogP contribution in [0.2, 0.25) is 0 Å². The number of rotatable bonds is 5. The molecule has 0 aliphatic carbocycles. The monoisotopic (exact) mass is 224 g/mol. The van der Waals surface area contributed by atoms with E-state index in [0.717, 1.165) is 23.7 Å². The minimum absolute atomic E-state index is 0.366. The molecular formula is C12H24N4. The van der Waals surface area contributed by atoms with Gasteiger partial charge in [0.1, 0.15) is 5.82 Å². The number of aromatic nitrogens is 2. The van der Waals surface area contributed by atoms with Gasteiger partial charge in [-0.1, -0.05) is 34.1 Å². The predicted octanol–water partition coefficient (Wildman–Crippen LogP) is 2.58. The van der Waals surface area contributed by atoms with E-state index in [9.17, 15) is 0 Å². The molecule has 1 aromatic heterocycles. The van der Waals surface area contributed by atoms with Crippen molar-refractivity contribution in [3.05, 3.63) is 5.69 Å². The van der Waals surface area contributed by atoms with Crippen LogP contribution in [0.4, 0.5) is 11.5 Å². The SMILES string of the molecule is CCC(C)CNc1c(N)c(C(C)C)nn1C. The van der Waals surface area contributed by atoms with E-state index in [-0.39, 0.29) is 0 Å². The molecule has 0 bridgehead atoms. The van der Waals surface area contributed by atoms with Crippen molar-refractivity contribution in [2.45, 2.75) is 40.0 Å². The first-order chi connectivity index (χ1) is 7.47. The Hall–Kier alpha value is -1.19. The van der Waals surface area contributed by atoms with Crippen LogP contribution in [0.15, 0.2) is 0 Å². The van der Waals surface area contributed by atoms with Crippen LogP contribution in [-0.4, -0.2) is 16.3 Å². The maximum atomic E-state index is 6.09. The molecule has 1 rings (SSSR count). The molecule has 0 aliphatic rings. The van der Waals surface area contributed by atoms with Gasteiger partial charge in [-0.15, -0.1) is 0 Å². The van der Waals surface area contributed by atoms with Crippen LogP contribution in [0.25, 0.3) is 0 Å². The Balaban J connectivity index is 2.80. The highest BCUT2D eigenvalue weighted by Gasteiger charge is 2.15. The summed E-state index contributed by atoms with van der Waals surface area (Å²) in [6, 6.07) is 0. The summed E-state index contributed by atoms with van der Waals surface area (Å²) in [6.07, 6.45) is 1.17. The molecule has 4 nitrogen and oxygen atoms in total. The number of hydrogen-bond acceptors (Lipinski definition) is 3. The second-order valence-corrected chi connectivity index (χ2v) is 4.82. The number of nitrogens with two attached hydrogens (primary N) is 1. The van der Waals surface area contributed by atoms with Crippen molar-refractivity contribution in [1.29, 1.82) is 0 Å². The van der Waals surface area contributed by atoms with E-state index in [4.69, 9.17) is 5.73 Å². The summed E-state index contributed by atoms with van der Waals surface area (Å²) in [5, 5.41) is 7.83. The number of nitrogen functional groups attached to an aromatic ring is 1. The molecule has 0 amide bonds. The number of hydrogen-bond donors (Lipinski definition) is 2. The van der Waals surface area contributed by atoms with E-state index in [1.807, 2.05) is 11.7 Å². The van der Waals surface area contributed by atoms with Crippen molar-refractivity contribution in [2.24, 2.45) is 13.0 Å². The predicted molar refractivity (Wildman–Crippen MR) is 69.7 cm³/mol. The van der Waals surface area contributed by atoms with Crippen molar-refractivity contribution in [2.75, 3.05) is 17.6 Å². The van der Waals surface area contributed by atoms with Crippen molar-refractivity contribution < 1.29 is 0 Å². The lowest BCUT2D eigenvalue weighted by Gasteiger charge is -2.12. The van der Waals surface area contributed by atoms with Gasteiger partial charge in [0.05, 0.1) is 11.4 Å². The van der Waals surface area contributed by atoms with Gasteiger partial charge in [0.25, 0.3) is 0 Å². The number of aryl methyl sites for hydroxylation is 1. The van der Waals surface area contributed by atoms with Gasteiger partial charge < -0.3 is 11.1 Å². The Morgan fingerprint density at radius 1 is 1.38 bits per heavy atom. The van der Waals surface area contributed by atoms with E-state index in [1.54, 1.807) is 0 Å². The molecule has 92 valence electrons. The summed E-state index contributed by atoms with van der Waals surface area (Å²) in [7, 11) is 1.93. The normalized spacial score (nSPS) is 13.1. The molecule has 0 fully saturated rings. The van der Waals surface area contributed by atoms with Crippen molar-refractivity contribution in [3.63, 3.8) is 0 Å². The lowest BCUT2D eigenvalue weighted by Crippen LogP contribution is -2.13. The molecule has 0 radical (unpaired) electrons. The van der Waals surface area contributed by atoms with E-state index >= 15 is 0 Å². The molecule has 1 heterocycles. The van der Waals surface area contributed by atoms with Crippen LogP contribution in [0.3, 0.4) is 0 Å². The summed E-state index contributed by atoms with van der Waals surface area (Å²) in [5.74, 6) is 1.96. The fourth-order valence-corrected chi connectivity index (χ4v) is 1.61. The molecule has 1 atom stereocenters. The highest BCUT2D eigenvalue weighted by Crippen LogP contribution is 2.27. The Kier molecular flexibility index (Phi) is 4.21. The van der Waals surface area contributed by atoms with Crippen molar-refractivity contribution in [3.8, 4) is 0 Å². The number of nitrogens with zero attached hydrogens (tertiary/aromatic N) is 2. The maximum Gasteiger partial charge on any atom is 0.147 e. The van der Waals surface area contributed by atoms with Gasteiger partial charge in [-0.05, 0) is 11.8 Å². The van der Waals surface area contributed by atoms with Crippen LogP contribution in [0, 0.1) is 5.92 Å². The second-order valence-electron chi connectivity index (χ2n) is 4.82. The van der Waals surface area contributed by atoms with Gasteiger partial charge in [0.15, 0.2) is 0 Å². The third-order valence-electron chi connectivity index (χ3n) is 2.97. The summed E-state index contributed by atoms with van der Waals surface area (Å²) in [5.41, 5.74) is 7.86. The van der Waals surface area contributed by atoms with Crippen LogP contribution in [0.1, 0.15) is 45.7 Å². The summed E-state index contributed by atoms with van der Waals surface area (Å²) >= 11 is 0. The molecule has 3 N–H and O–H groups in total. The highest BCUT2D eigenvalue weighted by molar-refractivity contribution is 5.65. The zero-order chi connectivity index (χ0) is 12.3. The van der Waals surface area contributed by atoms with E-state index in [2.05, 4.69) is 38.1 Å². The zero-order valence-corrected chi connectivity index (χ0v) is 11.0. The number of nitrogens with one attached hydrogen (secondary N) is 1. The molecule has 0 spiro atoms. The smallest absolute Gasteiger partial charge is 0.147 e. The molecule has 0 aliphatic heterocycles. The highest BCUT2D eigenvalue weighted by atomic mass is 15.3. The second kappa shape index (κ2) is 5.23. The van der Waals surface area contributed by atoms with Gasteiger partial charge in [0, 0.05) is 13.6 Å². The average molecular weight is 224 g/mol. The molecule has 0 saturated heterocycles. The summed E-state index contributed by atoms with van der Waals surface area (Å²) in [6.45, 7) is 9.58. The van der Waals surface area contributed by atoms with E-state index in [0.29, 0.717) is 11.8 Å². The quantitative estimate of drug-likeness (QED) is 0.808. The van der Waals surface area contributed by atoms with Gasteiger partial charge in [-0.25, -0.2) is 0 Å². The van der Waals surface area contributed by atoms with Gasteiger partial charge >= 0.3 is 0 Å². The Bertz CT molecular complexity index is 341. The lowest BCUT2D eigenvalue weighted by atomic mass is 10.1. The minimum atomic E-state index is 0.366. The molecule has 1 aromatic rings. The largest absolute Gasteiger partial charge is 0.394 e. The summed E-state index contributed by atoms with van der Waals surface area (Å²) < 4.78 is 1.84. The molecule has 0 saturated carbocycles. The van der Waals surface area contributed by atoms with Crippen molar-refractivity contribution >= 4 is 11.5 Å². The zero-order valence-electron chi connectivity index (χ0n) is 11.0. The molecule has 1 unspecified atom stereocenters. The Morgan fingerprint density at radius 2 is 2.00 bits per heavy atom. The first-order valence-electron chi connectivity index (χ1n) is 6.03. The fraction of sp³-hybridized carbons (Fsp3) is 0.750. The van der Waals surface area contributed by atoms with Gasteiger partial charge in [0.2, 0.25) is 0 Å². The maximum absolute atomic E-state index is 6.09. The first kappa shape index (κ1) is 12.9. The lowest BCUT2D eigenvalue weighted by molar-refractivity contribution is 0.589. The third kappa shape index (κ3) is 2.68. The van der Waals surface area contributed by atoms with Gasteiger partial charge in [-0.3, -0.25) is 4.68 Å². The minimum Gasteiger partial charge on any atom is -0.394 e. The van der Waals surface area contributed by atoms with E-state index in [1.165, 1.54) is 6.42 Å². The molecular weight excluding hydrogens is 200 g/mol. The van der Waals surface area contributed by atoms with Crippen LogP contribution in [-0.2, 0) is 7.05 Å². The molecule has 16 heavy (non-hydrogen) atoms. The molecule has 0 aromatic carbocycles. The third-order valence-corrected chi connectivity index (χ3v) is 2.97.